The third-order valence-electron chi connectivity index (χ3n) is 8.57. The van der Waals surface area contributed by atoms with Gasteiger partial charge in [0.1, 0.15) is 22.8 Å². The molecule has 13 heteroatoms. The zero-order valence-electron chi connectivity index (χ0n) is 24.7. The van der Waals surface area contributed by atoms with Crippen LogP contribution < -0.4 is 10.1 Å². The number of aromatic hydroxyl groups is 2. The number of carbonyl (C=O) groups excluding carboxylic acids is 4. The second-order valence-corrected chi connectivity index (χ2v) is 11.3. The quantitative estimate of drug-likeness (QED) is 0.180. The van der Waals surface area contributed by atoms with E-state index >= 15 is 0 Å². The van der Waals surface area contributed by atoms with Gasteiger partial charge >= 0.3 is 5.97 Å². The molecular weight excluding hydrogens is 578 g/mol. The molecule has 236 valence electrons. The minimum absolute atomic E-state index is 0.00885. The first kappa shape index (κ1) is 31.5. The van der Waals surface area contributed by atoms with Crippen LogP contribution in [0.2, 0.25) is 0 Å². The molecular formula is C31H35NO12. The zero-order valence-corrected chi connectivity index (χ0v) is 24.7. The number of hydrogen-bond donors (Lipinski definition) is 5. The number of rotatable bonds is 8. The number of phenols is 2. The second kappa shape index (κ2) is 11.9. The van der Waals surface area contributed by atoms with Gasteiger partial charge in [-0.2, -0.15) is 0 Å². The molecule has 1 aliphatic heterocycles. The summed E-state index contributed by atoms with van der Waals surface area (Å²) in [4.78, 5) is 51.9. The Labute approximate surface area is 252 Å². The van der Waals surface area contributed by atoms with E-state index in [9.17, 15) is 39.6 Å². The number of nitrogens with one attached hydrogen (secondary N) is 1. The van der Waals surface area contributed by atoms with Crippen molar-refractivity contribution in [2.45, 2.75) is 76.3 Å². The van der Waals surface area contributed by atoms with Crippen molar-refractivity contribution < 1.29 is 58.6 Å². The first-order valence-electron chi connectivity index (χ1n) is 14.3. The number of esters is 1. The molecule has 2 aromatic carbocycles. The smallest absolute Gasteiger partial charge is 0.319 e. The normalized spacial score (nSPS) is 27.6. The highest BCUT2D eigenvalue weighted by molar-refractivity contribution is 6.31. The summed E-state index contributed by atoms with van der Waals surface area (Å²) < 4.78 is 22.3. The Morgan fingerprint density at radius 3 is 2.48 bits per heavy atom. The van der Waals surface area contributed by atoms with Gasteiger partial charge in [-0.25, -0.2) is 0 Å². The predicted molar refractivity (Wildman–Crippen MR) is 151 cm³/mol. The molecule has 5 N–H and O–H groups in total. The monoisotopic (exact) mass is 613 g/mol. The molecule has 2 aromatic rings. The first-order valence-corrected chi connectivity index (χ1v) is 14.3. The molecule has 6 atom stereocenters. The molecule has 0 bridgehead atoms. The maximum absolute atomic E-state index is 13.8. The van der Waals surface area contributed by atoms with E-state index in [4.69, 9.17) is 18.9 Å². The van der Waals surface area contributed by atoms with E-state index < -0.39 is 88.6 Å². The van der Waals surface area contributed by atoms with E-state index in [1.165, 1.54) is 32.2 Å². The minimum Gasteiger partial charge on any atom is -0.507 e. The van der Waals surface area contributed by atoms with Gasteiger partial charge in [0.15, 0.2) is 17.9 Å². The fraction of sp³-hybridized carbons (Fsp3) is 0.484. The molecule has 44 heavy (non-hydrogen) atoms. The summed E-state index contributed by atoms with van der Waals surface area (Å²) in [5.74, 6) is -3.87. The molecule has 13 nitrogen and oxygen atoms in total. The number of methoxy groups -OCH3 is 1. The number of Topliss-reactive ketones (excluding diaryl/α,β-unsaturated/α-hetero) is 1. The lowest BCUT2D eigenvalue weighted by Gasteiger charge is -2.42. The summed E-state index contributed by atoms with van der Waals surface area (Å²) in [6.45, 7) is 4.42. The Bertz CT molecular complexity index is 1540. The molecule has 3 aliphatic rings. The Balaban J connectivity index is 1.56. The van der Waals surface area contributed by atoms with Crippen molar-refractivity contribution in [3.05, 3.63) is 51.6 Å². The van der Waals surface area contributed by atoms with Gasteiger partial charge in [-0.1, -0.05) is 12.1 Å². The van der Waals surface area contributed by atoms with E-state index in [-0.39, 0.29) is 54.0 Å². The van der Waals surface area contributed by atoms with E-state index in [0.29, 0.717) is 0 Å². The summed E-state index contributed by atoms with van der Waals surface area (Å²) in [5, 5.41) is 48.0. The van der Waals surface area contributed by atoms with Crippen LogP contribution in [0.15, 0.2) is 18.2 Å². The number of aliphatic hydroxyl groups is 2. The zero-order chi connectivity index (χ0) is 32.1. The van der Waals surface area contributed by atoms with Crippen molar-refractivity contribution in [1.29, 1.82) is 0 Å². The summed E-state index contributed by atoms with van der Waals surface area (Å²) in [7, 11) is 1.33. The number of phenolic OH excluding ortho intramolecular Hbond substituents is 2. The van der Waals surface area contributed by atoms with E-state index in [2.05, 4.69) is 5.32 Å². The number of hydrogen-bond acceptors (Lipinski definition) is 13. The van der Waals surface area contributed by atoms with Crippen LogP contribution in [0, 0.1) is 0 Å². The molecule has 0 aromatic heterocycles. The van der Waals surface area contributed by atoms with Crippen LogP contribution in [-0.4, -0.2) is 94.1 Å². The number of ether oxygens (including phenoxy) is 4. The fourth-order valence-corrected chi connectivity index (χ4v) is 6.25. The molecule has 1 heterocycles. The lowest BCUT2D eigenvalue weighted by molar-refractivity contribution is -0.249. The Hall–Kier alpha value is -3.88. The SMILES string of the molecule is CCOC(=O)CNC1CC(O[C@H]2C[C@](O)(C(C)=O)Cc3c(O)c4c(c(O)c32)C(=O)c2c(OC)cccc2C4=O)OC(C)C1O. The topological polar surface area (TPSA) is 198 Å². The van der Waals surface area contributed by atoms with E-state index in [1.54, 1.807) is 13.8 Å². The Morgan fingerprint density at radius 2 is 1.82 bits per heavy atom. The molecule has 0 saturated carbocycles. The standard InChI is InChI=1S/C31H35NO12/c1-5-42-20(34)12-32-17-9-21(43-13(2)26(17)35)44-19-11-31(40,14(3)33)10-16-23(19)30(39)25-24(28(16)37)27(36)15-7-6-8-18(41-4)22(15)29(25)38/h6-8,13,17,19,21,26,32,35,37,39-40H,5,9-12H2,1-4H3/t13?,17?,19-,21?,26?,31-/m0/s1. The Morgan fingerprint density at radius 1 is 1.11 bits per heavy atom. The molecule has 1 saturated heterocycles. The second-order valence-electron chi connectivity index (χ2n) is 11.3. The first-order chi connectivity index (χ1) is 20.8. The van der Waals surface area contributed by atoms with Crippen LogP contribution in [0.5, 0.6) is 17.2 Å². The number of carbonyl (C=O) groups is 4. The average Bonchev–Trinajstić information content (AvgIpc) is 2.98. The van der Waals surface area contributed by atoms with E-state index in [1.807, 2.05) is 0 Å². The Kier molecular flexibility index (Phi) is 8.53. The van der Waals surface area contributed by atoms with Gasteiger partial charge in [-0.3, -0.25) is 19.2 Å². The predicted octanol–water partition coefficient (Wildman–Crippen LogP) is 1.22. The molecule has 4 unspecified atom stereocenters. The van der Waals surface area contributed by atoms with Gasteiger partial charge < -0.3 is 44.7 Å². The van der Waals surface area contributed by atoms with Crippen LogP contribution in [0.1, 0.15) is 82.7 Å². The van der Waals surface area contributed by atoms with Crippen LogP contribution in [0.4, 0.5) is 0 Å². The molecule has 0 amide bonds. The summed E-state index contributed by atoms with van der Waals surface area (Å²) in [6.07, 6.45) is -5.02. The summed E-state index contributed by atoms with van der Waals surface area (Å²) in [5.41, 5.74) is -3.27. The minimum atomic E-state index is -2.06. The number of ketones is 3. The van der Waals surface area contributed by atoms with Crippen molar-refractivity contribution in [2.24, 2.45) is 0 Å². The molecule has 2 aliphatic carbocycles. The summed E-state index contributed by atoms with van der Waals surface area (Å²) >= 11 is 0. The maximum atomic E-state index is 13.8. The van der Waals surface area contributed by atoms with Gasteiger partial charge in [0, 0.05) is 42.0 Å². The van der Waals surface area contributed by atoms with Crippen molar-refractivity contribution in [1.82, 2.24) is 5.32 Å². The fourth-order valence-electron chi connectivity index (χ4n) is 6.25. The van der Waals surface area contributed by atoms with Gasteiger partial charge in [0.25, 0.3) is 0 Å². The highest BCUT2D eigenvalue weighted by Gasteiger charge is 2.49. The molecule has 5 rings (SSSR count). The van der Waals surface area contributed by atoms with Crippen molar-refractivity contribution in [3.8, 4) is 17.2 Å². The van der Waals surface area contributed by atoms with Crippen LogP contribution in [0.3, 0.4) is 0 Å². The van der Waals surface area contributed by atoms with Crippen LogP contribution in [0.25, 0.3) is 0 Å². The lowest BCUT2D eigenvalue weighted by Crippen LogP contribution is -2.55. The maximum Gasteiger partial charge on any atom is 0.319 e. The highest BCUT2D eigenvalue weighted by Crippen LogP contribution is 2.52. The highest BCUT2D eigenvalue weighted by atomic mass is 16.7. The number of fused-ring (bicyclic) bond motifs is 3. The number of benzene rings is 2. The number of aliphatic hydroxyl groups excluding tert-OH is 1. The molecule has 0 radical (unpaired) electrons. The van der Waals surface area contributed by atoms with Gasteiger partial charge in [-0.15, -0.1) is 0 Å². The summed E-state index contributed by atoms with van der Waals surface area (Å²) in [6, 6.07) is 3.72. The van der Waals surface area contributed by atoms with Crippen LogP contribution >= 0.6 is 0 Å². The van der Waals surface area contributed by atoms with Crippen LogP contribution in [-0.2, 0) is 30.2 Å². The van der Waals surface area contributed by atoms with Gasteiger partial charge in [0.05, 0.1) is 55.3 Å². The van der Waals surface area contributed by atoms with Crippen molar-refractivity contribution in [2.75, 3.05) is 20.3 Å². The van der Waals surface area contributed by atoms with Gasteiger partial charge in [-0.05, 0) is 26.8 Å². The largest absolute Gasteiger partial charge is 0.507 e. The van der Waals surface area contributed by atoms with E-state index in [0.717, 1.165) is 0 Å². The molecule has 0 spiro atoms. The molecule has 1 fully saturated rings. The van der Waals surface area contributed by atoms with Gasteiger partial charge in [0.2, 0.25) is 5.78 Å². The average molecular weight is 614 g/mol. The lowest BCUT2D eigenvalue weighted by atomic mass is 9.72. The third kappa shape index (κ3) is 5.24. The van der Waals surface area contributed by atoms with Crippen molar-refractivity contribution in [3.63, 3.8) is 0 Å². The van der Waals surface area contributed by atoms with Crippen molar-refractivity contribution >= 4 is 23.3 Å². The third-order valence-corrected chi connectivity index (χ3v) is 8.57.